The molecule has 0 spiro atoms. The Hall–Kier alpha value is -3.06. The van der Waals surface area contributed by atoms with Gasteiger partial charge in [0.25, 0.3) is 5.91 Å². The number of benzene rings is 2. The molecule has 4 heteroatoms. The predicted octanol–water partition coefficient (Wildman–Crippen LogP) is 4.84. The topological polar surface area (TPSA) is 56.1 Å². The number of carbonyl (C=O) groups is 1. The summed E-state index contributed by atoms with van der Waals surface area (Å²) in [5.74, 6) is -0.388. The van der Waals surface area contributed by atoms with Crippen molar-refractivity contribution in [2.24, 2.45) is 0 Å². The van der Waals surface area contributed by atoms with Crippen molar-refractivity contribution >= 4 is 23.4 Å². The summed E-state index contributed by atoms with van der Waals surface area (Å²) in [4.78, 5) is 14.8. The fourth-order valence-corrected chi connectivity index (χ4v) is 3.27. The average Bonchev–Trinajstić information content (AvgIpc) is 2.70. The van der Waals surface area contributed by atoms with Crippen LogP contribution < -0.4 is 10.2 Å². The van der Waals surface area contributed by atoms with Crippen LogP contribution in [-0.2, 0) is 4.79 Å². The third-order valence-corrected chi connectivity index (χ3v) is 5.06. The first-order valence-electron chi connectivity index (χ1n) is 9.42. The van der Waals surface area contributed by atoms with Gasteiger partial charge in [0.15, 0.2) is 0 Å². The van der Waals surface area contributed by atoms with E-state index in [-0.39, 0.29) is 11.5 Å². The number of nitrogens with one attached hydrogen (secondary N) is 1. The molecule has 0 radical (unpaired) electrons. The van der Waals surface area contributed by atoms with Gasteiger partial charge >= 0.3 is 0 Å². The van der Waals surface area contributed by atoms with E-state index in [1.807, 2.05) is 50.2 Å². The summed E-state index contributed by atoms with van der Waals surface area (Å²) in [5.41, 5.74) is 5.11. The van der Waals surface area contributed by atoms with Gasteiger partial charge in [0, 0.05) is 24.5 Å². The lowest BCUT2D eigenvalue weighted by atomic mass is 10.1. The maximum Gasteiger partial charge on any atom is 0.266 e. The molecule has 0 aromatic heterocycles. The molecule has 1 aliphatic heterocycles. The van der Waals surface area contributed by atoms with E-state index in [0.29, 0.717) is 5.69 Å². The van der Waals surface area contributed by atoms with Crippen LogP contribution in [0.25, 0.3) is 6.08 Å². The zero-order chi connectivity index (χ0) is 19.2. The molecule has 1 heterocycles. The van der Waals surface area contributed by atoms with Crippen LogP contribution in [-0.4, -0.2) is 19.0 Å². The monoisotopic (exact) mass is 359 g/mol. The van der Waals surface area contributed by atoms with Crippen molar-refractivity contribution in [3.8, 4) is 6.07 Å². The van der Waals surface area contributed by atoms with Crippen LogP contribution in [0, 0.1) is 25.2 Å². The van der Waals surface area contributed by atoms with E-state index in [2.05, 4.69) is 22.3 Å². The molecule has 1 aliphatic rings. The van der Waals surface area contributed by atoms with Gasteiger partial charge in [-0.1, -0.05) is 18.2 Å². The highest BCUT2D eigenvalue weighted by Crippen LogP contribution is 2.21. The van der Waals surface area contributed by atoms with Gasteiger partial charge in [-0.15, -0.1) is 0 Å². The Kier molecular flexibility index (Phi) is 5.93. The van der Waals surface area contributed by atoms with Crippen molar-refractivity contribution in [3.05, 3.63) is 64.7 Å². The average molecular weight is 359 g/mol. The van der Waals surface area contributed by atoms with Gasteiger partial charge in [-0.05, 0) is 80.1 Å². The van der Waals surface area contributed by atoms with Crippen LogP contribution in [0.4, 0.5) is 11.4 Å². The van der Waals surface area contributed by atoms with Gasteiger partial charge in [-0.3, -0.25) is 4.79 Å². The number of amides is 1. The molecule has 1 N–H and O–H groups in total. The highest BCUT2D eigenvalue weighted by Gasteiger charge is 2.12. The molecule has 138 valence electrons. The molecule has 1 fully saturated rings. The fraction of sp³-hybridized carbons (Fsp3) is 0.304. The van der Waals surface area contributed by atoms with Crippen molar-refractivity contribution < 1.29 is 4.79 Å². The SMILES string of the molecule is Cc1ccc(NC(=O)/C(C#N)=C\c2ccc(N3CCCCC3)cc2)cc1C. The van der Waals surface area contributed by atoms with Gasteiger partial charge in [0.1, 0.15) is 11.6 Å². The van der Waals surface area contributed by atoms with Crippen LogP contribution in [0.15, 0.2) is 48.0 Å². The summed E-state index contributed by atoms with van der Waals surface area (Å²) < 4.78 is 0. The molecule has 2 aromatic carbocycles. The van der Waals surface area contributed by atoms with E-state index in [9.17, 15) is 10.1 Å². The zero-order valence-electron chi connectivity index (χ0n) is 16.0. The molecule has 3 rings (SSSR count). The second kappa shape index (κ2) is 8.55. The van der Waals surface area contributed by atoms with E-state index in [1.54, 1.807) is 6.08 Å². The zero-order valence-corrected chi connectivity index (χ0v) is 16.0. The van der Waals surface area contributed by atoms with E-state index >= 15 is 0 Å². The Labute approximate surface area is 161 Å². The number of nitrogens with zero attached hydrogens (tertiary/aromatic N) is 2. The number of piperidine rings is 1. The van der Waals surface area contributed by atoms with E-state index in [1.165, 1.54) is 24.9 Å². The number of hydrogen-bond donors (Lipinski definition) is 1. The fourth-order valence-electron chi connectivity index (χ4n) is 3.27. The molecule has 0 bridgehead atoms. The second-order valence-corrected chi connectivity index (χ2v) is 7.06. The van der Waals surface area contributed by atoms with E-state index in [0.717, 1.165) is 29.8 Å². The number of hydrogen-bond acceptors (Lipinski definition) is 3. The van der Waals surface area contributed by atoms with E-state index < -0.39 is 0 Å². The first-order chi connectivity index (χ1) is 13.1. The highest BCUT2D eigenvalue weighted by molar-refractivity contribution is 6.09. The molecule has 2 aromatic rings. The first kappa shape index (κ1) is 18.7. The number of nitriles is 1. The molecule has 0 atom stereocenters. The molecule has 4 nitrogen and oxygen atoms in total. The van der Waals surface area contributed by atoms with E-state index in [4.69, 9.17) is 0 Å². The molecular weight excluding hydrogens is 334 g/mol. The van der Waals surface area contributed by atoms with Crippen LogP contribution >= 0.6 is 0 Å². The molecule has 27 heavy (non-hydrogen) atoms. The summed E-state index contributed by atoms with van der Waals surface area (Å²) >= 11 is 0. The van der Waals surface area contributed by atoms with Crippen molar-refractivity contribution in [3.63, 3.8) is 0 Å². The molecule has 1 amide bonds. The Morgan fingerprint density at radius 1 is 1.04 bits per heavy atom. The second-order valence-electron chi connectivity index (χ2n) is 7.06. The summed E-state index contributed by atoms with van der Waals surface area (Å²) in [6.07, 6.45) is 5.41. The lowest BCUT2D eigenvalue weighted by Gasteiger charge is -2.28. The normalized spacial score (nSPS) is 14.6. The quantitative estimate of drug-likeness (QED) is 0.628. The minimum atomic E-state index is -0.388. The third-order valence-electron chi connectivity index (χ3n) is 5.06. The van der Waals surface area contributed by atoms with Crippen molar-refractivity contribution in [1.82, 2.24) is 0 Å². The van der Waals surface area contributed by atoms with Crippen LogP contribution in [0.1, 0.15) is 36.0 Å². The minimum absolute atomic E-state index is 0.0963. The smallest absolute Gasteiger partial charge is 0.266 e. The molecule has 0 saturated carbocycles. The van der Waals surface area contributed by atoms with Crippen LogP contribution in [0.2, 0.25) is 0 Å². The maximum atomic E-state index is 12.4. The minimum Gasteiger partial charge on any atom is -0.372 e. The lowest BCUT2D eigenvalue weighted by Crippen LogP contribution is -2.29. The molecule has 1 saturated heterocycles. The lowest BCUT2D eigenvalue weighted by molar-refractivity contribution is -0.112. The molecular formula is C23H25N3O. The summed E-state index contributed by atoms with van der Waals surface area (Å²) in [7, 11) is 0. The maximum absolute atomic E-state index is 12.4. The van der Waals surface area contributed by atoms with Gasteiger partial charge in [0.05, 0.1) is 0 Å². The summed E-state index contributed by atoms with van der Waals surface area (Å²) in [5, 5.41) is 12.2. The predicted molar refractivity (Wildman–Crippen MR) is 111 cm³/mol. The van der Waals surface area contributed by atoms with Crippen LogP contribution in [0.3, 0.4) is 0 Å². The molecule has 0 unspecified atom stereocenters. The summed E-state index contributed by atoms with van der Waals surface area (Å²) in [6.45, 7) is 6.21. The molecule has 0 aliphatic carbocycles. The van der Waals surface area contributed by atoms with Crippen molar-refractivity contribution in [2.75, 3.05) is 23.3 Å². The Balaban J connectivity index is 1.72. The number of aryl methyl sites for hydroxylation is 2. The standard InChI is InChI=1S/C23H25N3O/c1-17-6-9-21(14-18(17)2)25-23(27)20(16-24)15-19-7-10-22(11-8-19)26-12-4-3-5-13-26/h6-11,14-15H,3-5,12-13H2,1-2H3,(H,25,27)/b20-15-. The van der Waals surface area contributed by atoms with Crippen molar-refractivity contribution in [1.29, 1.82) is 5.26 Å². The first-order valence-corrected chi connectivity index (χ1v) is 9.42. The largest absolute Gasteiger partial charge is 0.372 e. The number of rotatable bonds is 4. The van der Waals surface area contributed by atoms with Gasteiger partial charge in [-0.25, -0.2) is 0 Å². The Morgan fingerprint density at radius 2 is 1.74 bits per heavy atom. The van der Waals surface area contributed by atoms with Gasteiger partial charge < -0.3 is 10.2 Å². The summed E-state index contributed by atoms with van der Waals surface area (Å²) in [6, 6.07) is 15.8. The van der Waals surface area contributed by atoms with Gasteiger partial charge in [-0.2, -0.15) is 5.26 Å². The number of carbonyl (C=O) groups excluding carboxylic acids is 1. The number of anilines is 2. The van der Waals surface area contributed by atoms with Crippen LogP contribution in [0.5, 0.6) is 0 Å². The highest BCUT2D eigenvalue weighted by atomic mass is 16.1. The Morgan fingerprint density at radius 3 is 2.37 bits per heavy atom. The van der Waals surface area contributed by atoms with Gasteiger partial charge in [0.2, 0.25) is 0 Å². The van der Waals surface area contributed by atoms with Crippen molar-refractivity contribution in [2.45, 2.75) is 33.1 Å². The third kappa shape index (κ3) is 4.77. The Bertz CT molecular complexity index is 885.